The molecule has 0 atom stereocenters. The van der Waals surface area contributed by atoms with Gasteiger partial charge in [-0.3, -0.25) is 0 Å². The molecule has 4 nitrogen and oxygen atoms in total. The number of fused-ring (bicyclic) bond motifs is 1. The van der Waals surface area contributed by atoms with Crippen LogP contribution in [0.15, 0.2) is 48.2 Å². The van der Waals surface area contributed by atoms with Crippen molar-refractivity contribution in [2.24, 2.45) is 5.92 Å². The van der Waals surface area contributed by atoms with Crippen LogP contribution in [0.25, 0.3) is 16.5 Å². The summed E-state index contributed by atoms with van der Waals surface area (Å²) >= 11 is 1.91. The number of allylic oxidation sites excluding steroid dienone is 5. The normalized spacial score (nSPS) is 18.9. The van der Waals surface area contributed by atoms with Gasteiger partial charge in [-0.1, -0.05) is 18.2 Å². The van der Waals surface area contributed by atoms with E-state index in [9.17, 15) is 5.26 Å². The summed E-state index contributed by atoms with van der Waals surface area (Å²) in [5, 5.41) is 11.0. The van der Waals surface area contributed by atoms with Gasteiger partial charge >= 0.3 is 0 Å². The Morgan fingerprint density at radius 3 is 2.87 bits per heavy atom. The van der Waals surface area contributed by atoms with Crippen molar-refractivity contribution in [1.29, 1.82) is 5.26 Å². The Bertz CT molecular complexity index is 1090. The monoisotopic (exact) mass is 417 g/mol. The first kappa shape index (κ1) is 19.4. The molecule has 0 spiro atoms. The van der Waals surface area contributed by atoms with Crippen LogP contribution in [0.3, 0.4) is 0 Å². The van der Waals surface area contributed by atoms with E-state index in [4.69, 9.17) is 4.74 Å². The number of hydrogen-bond acceptors (Lipinski definition) is 4. The van der Waals surface area contributed by atoms with E-state index in [1.165, 1.54) is 30.7 Å². The van der Waals surface area contributed by atoms with Crippen LogP contribution < -0.4 is 4.74 Å². The molecule has 0 amide bonds. The van der Waals surface area contributed by atoms with E-state index in [0.717, 1.165) is 65.5 Å². The molecule has 2 fully saturated rings. The standard InChI is InChI=1S/C25H27N3OS/c1-2-27-24-15-21(29-17-18-7-8-18)11-12-22(24)23(16-26)25(27)19-5-3-6-20(10-9-19)28-13-4-14-30-28/h5-6,9-12,15,18H,2-4,7-8,13-14,17H2,1H3. The quantitative estimate of drug-likeness (QED) is 0.549. The molecule has 0 radical (unpaired) electrons. The number of nitrogens with zero attached hydrogens (tertiary/aromatic N) is 3. The lowest BCUT2D eigenvalue weighted by Gasteiger charge is -2.16. The van der Waals surface area contributed by atoms with Crippen LogP contribution in [-0.4, -0.2) is 27.8 Å². The number of rotatable bonds is 6. The maximum atomic E-state index is 10.0. The fourth-order valence-electron chi connectivity index (χ4n) is 4.29. The van der Waals surface area contributed by atoms with Crippen molar-refractivity contribution in [2.75, 3.05) is 18.9 Å². The molecule has 2 aromatic rings. The Morgan fingerprint density at radius 1 is 1.23 bits per heavy atom. The van der Waals surface area contributed by atoms with Gasteiger partial charge in [-0.05, 0) is 74.3 Å². The predicted octanol–water partition coefficient (Wildman–Crippen LogP) is 5.90. The Hall–Kier alpha value is -2.58. The van der Waals surface area contributed by atoms with E-state index < -0.39 is 0 Å². The minimum absolute atomic E-state index is 0.723. The third-order valence-electron chi connectivity index (χ3n) is 6.06. The number of hydrogen-bond donors (Lipinski definition) is 0. The predicted molar refractivity (Wildman–Crippen MR) is 124 cm³/mol. The zero-order valence-corrected chi connectivity index (χ0v) is 18.3. The molecule has 5 rings (SSSR count). The molecule has 154 valence electrons. The molecule has 1 aliphatic heterocycles. The lowest BCUT2D eigenvalue weighted by molar-refractivity contribution is 0.300. The number of aromatic nitrogens is 1. The van der Waals surface area contributed by atoms with Crippen molar-refractivity contribution in [3.8, 4) is 11.8 Å². The Kier molecular flexibility index (Phi) is 5.35. The first-order valence-electron chi connectivity index (χ1n) is 11.0. The van der Waals surface area contributed by atoms with Gasteiger partial charge in [0.25, 0.3) is 0 Å². The molecule has 5 heteroatoms. The van der Waals surface area contributed by atoms with Crippen LogP contribution in [0, 0.1) is 17.2 Å². The lowest BCUT2D eigenvalue weighted by atomic mass is 10.1. The van der Waals surface area contributed by atoms with Crippen LogP contribution >= 0.6 is 11.9 Å². The number of nitriles is 1. The molecule has 1 aromatic carbocycles. The third-order valence-corrected chi connectivity index (χ3v) is 7.24. The Labute approximate surface area is 182 Å². The van der Waals surface area contributed by atoms with Gasteiger partial charge in [0.1, 0.15) is 11.8 Å². The van der Waals surface area contributed by atoms with Crippen molar-refractivity contribution in [2.45, 2.75) is 39.2 Å². The van der Waals surface area contributed by atoms with E-state index in [2.05, 4.69) is 58.3 Å². The average Bonchev–Trinajstić information content (AvgIpc) is 3.42. The summed E-state index contributed by atoms with van der Waals surface area (Å²) in [6.45, 7) is 4.87. The molecular formula is C25H27N3OS. The van der Waals surface area contributed by atoms with Crippen LogP contribution in [0.2, 0.25) is 0 Å². The molecule has 0 unspecified atom stereocenters. The third kappa shape index (κ3) is 3.65. The van der Waals surface area contributed by atoms with Crippen LogP contribution in [0.1, 0.15) is 43.9 Å². The molecule has 2 heterocycles. The zero-order valence-electron chi connectivity index (χ0n) is 17.4. The molecule has 1 saturated heterocycles. The minimum atomic E-state index is 0.723. The highest BCUT2D eigenvalue weighted by Gasteiger charge is 2.23. The second kappa shape index (κ2) is 8.28. The van der Waals surface area contributed by atoms with Crippen molar-refractivity contribution in [3.05, 3.63) is 59.5 Å². The Balaban J connectivity index is 1.52. The van der Waals surface area contributed by atoms with Crippen LogP contribution in [0.5, 0.6) is 5.75 Å². The summed E-state index contributed by atoms with van der Waals surface area (Å²) in [4.78, 5) is 0. The van der Waals surface area contributed by atoms with Crippen LogP contribution in [-0.2, 0) is 6.54 Å². The fourth-order valence-corrected chi connectivity index (χ4v) is 5.31. The van der Waals surface area contributed by atoms with Gasteiger partial charge in [0.2, 0.25) is 0 Å². The smallest absolute Gasteiger partial charge is 0.121 e. The second-order valence-electron chi connectivity index (χ2n) is 8.16. The van der Waals surface area contributed by atoms with Crippen molar-refractivity contribution < 1.29 is 4.74 Å². The van der Waals surface area contributed by atoms with Gasteiger partial charge in [-0.15, -0.1) is 0 Å². The lowest BCUT2D eigenvalue weighted by Crippen LogP contribution is -2.08. The summed E-state index contributed by atoms with van der Waals surface area (Å²) in [7, 11) is 0. The van der Waals surface area contributed by atoms with E-state index in [1.807, 2.05) is 18.0 Å². The topological polar surface area (TPSA) is 41.2 Å². The van der Waals surface area contributed by atoms with Gasteiger partial charge in [0.15, 0.2) is 0 Å². The first-order valence-corrected chi connectivity index (χ1v) is 11.9. The largest absolute Gasteiger partial charge is 0.493 e. The molecule has 0 bridgehead atoms. The molecule has 3 aliphatic rings. The molecular weight excluding hydrogens is 390 g/mol. The van der Waals surface area contributed by atoms with Gasteiger partial charge in [0.05, 0.1) is 23.4 Å². The summed E-state index contributed by atoms with van der Waals surface area (Å²) in [5.41, 5.74) is 5.27. The van der Waals surface area contributed by atoms with Crippen LogP contribution in [0.4, 0.5) is 0 Å². The molecule has 2 aliphatic carbocycles. The average molecular weight is 418 g/mol. The van der Waals surface area contributed by atoms with E-state index >= 15 is 0 Å². The highest BCUT2D eigenvalue weighted by Crippen LogP contribution is 2.36. The number of aryl methyl sites for hydroxylation is 1. The summed E-state index contributed by atoms with van der Waals surface area (Å²) in [6.07, 6.45) is 13.6. The summed E-state index contributed by atoms with van der Waals surface area (Å²) in [5.74, 6) is 2.82. The second-order valence-corrected chi connectivity index (χ2v) is 9.27. The van der Waals surface area contributed by atoms with E-state index in [-0.39, 0.29) is 0 Å². The highest BCUT2D eigenvalue weighted by atomic mass is 32.2. The molecule has 1 aromatic heterocycles. The number of benzene rings is 1. The highest BCUT2D eigenvalue weighted by molar-refractivity contribution is 7.97. The molecule has 0 N–H and O–H groups in total. The summed E-state index contributed by atoms with van der Waals surface area (Å²) in [6, 6.07) is 8.66. The summed E-state index contributed by atoms with van der Waals surface area (Å²) < 4.78 is 10.7. The maximum Gasteiger partial charge on any atom is 0.121 e. The minimum Gasteiger partial charge on any atom is -0.493 e. The van der Waals surface area contributed by atoms with Gasteiger partial charge in [-0.2, -0.15) is 5.26 Å². The van der Waals surface area contributed by atoms with Crippen molar-refractivity contribution >= 4 is 28.4 Å². The van der Waals surface area contributed by atoms with Gasteiger partial charge in [-0.25, -0.2) is 0 Å². The zero-order chi connectivity index (χ0) is 20.5. The molecule has 30 heavy (non-hydrogen) atoms. The van der Waals surface area contributed by atoms with Crippen molar-refractivity contribution in [3.63, 3.8) is 0 Å². The van der Waals surface area contributed by atoms with E-state index in [0.29, 0.717) is 0 Å². The fraction of sp³-hybridized carbons (Fsp3) is 0.400. The molecule has 1 saturated carbocycles. The SMILES string of the molecule is CCn1c(C2=CCC=C(N3CCCS3)C=C2)c(C#N)c2ccc(OCC3CC3)cc21. The Morgan fingerprint density at radius 2 is 2.13 bits per heavy atom. The van der Waals surface area contributed by atoms with Crippen molar-refractivity contribution in [1.82, 2.24) is 8.87 Å². The van der Waals surface area contributed by atoms with E-state index in [1.54, 1.807) is 0 Å². The number of ether oxygens (including phenoxy) is 1. The van der Waals surface area contributed by atoms with Gasteiger partial charge < -0.3 is 13.6 Å². The van der Waals surface area contributed by atoms with Gasteiger partial charge in [0, 0.05) is 36.0 Å². The maximum absolute atomic E-state index is 10.0. The first-order chi connectivity index (χ1) is 14.8.